The minimum atomic E-state index is -4.57. The van der Waals surface area contributed by atoms with E-state index in [4.69, 9.17) is 5.26 Å². The van der Waals surface area contributed by atoms with Gasteiger partial charge >= 0.3 is 12.4 Å². The van der Waals surface area contributed by atoms with Crippen LogP contribution in [0.15, 0.2) is 63.9 Å². The van der Waals surface area contributed by atoms with Crippen molar-refractivity contribution in [3.8, 4) is 6.07 Å². The van der Waals surface area contributed by atoms with Crippen LogP contribution in [-0.4, -0.2) is 5.84 Å². The molecule has 0 saturated heterocycles. The summed E-state index contributed by atoms with van der Waals surface area (Å²) in [6.45, 7) is 0. The molecule has 11 heteroatoms. The van der Waals surface area contributed by atoms with Gasteiger partial charge in [-0.1, -0.05) is 12.1 Å². The first-order valence-corrected chi connectivity index (χ1v) is 7.09. The first-order valence-electron chi connectivity index (χ1n) is 7.09. The highest BCUT2D eigenvalue weighted by Crippen LogP contribution is 2.32. The zero-order chi connectivity index (χ0) is 20.1. The van der Waals surface area contributed by atoms with Crippen LogP contribution in [0.1, 0.15) is 11.1 Å². The van der Waals surface area contributed by atoms with Crippen molar-refractivity contribution in [2.75, 3.05) is 5.43 Å². The summed E-state index contributed by atoms with van der Waals surface area (Å²) in [6.07, 6.45) is -9.12. The third-order valence-corrected chi connectivity index (χ3v) is 3.01. The summed E-state index contributed by atoms with van der Waals surface area (Å²) in [5.74, 6) is -0.593. The summed E-state index contributed by atoms with van der Waals surface area (Å²) in [4.78, 5) is 0. The standard InChI is InChI=1S/C16H9F6N5/c17-15(18,19)10-3-1-5-12(7-10)24-26-14(9-23)27-25-13-6-2-4-11(8-13)16(20,21)22/h1-8,24H. The van der Waals surface area contributed by atoms with E-state index in [9.17, 15) is 26.3 Å². The topological polar surface area (TPSA) is 72.9 Å². The van der Waals surface area contributed by atoms with Crippen LogP contribution >= 0.6 is 0 Å². The molecule has 0 aliphatic heterocycles. The second-order valence-electron chi connectivity index (χ2n) is 4.99. The molecule has 0 atom stereocenters. The number of benzene rings is 2. The van der Waals surface area contributed by atoms with Gasteiger partial charge in [-0.3, -0.25) is 5.43 Å². The molecular formula is C16H9F6N5. The molecule has 0 radical (unpaired) electrons. The number of alkyl halides is 6. The smallest absolute Gasteiger partial charge is 0.276 e. The van der Waals surface area contributed by atoms with E-state index >= 15 is 0 Å². The van der Waals surface area contributed by atoms with E-state index in [1.54, 1.807) is 0 Å². The molecule has 0 heterocycles. The zero-order valence-electron chi connectivity index (χ0n) is 13.2. The molecule has 0 amide bonds. The van der Waals surface area contributed by atoms with Crippen LogP contribution in [0.3, 0.4) is 0 Å². The Morgan fingerprint density at radius 2 is 1.48 bits per heavy atom. The molecule has 2 rings (SSSR count). The van der Waals surface area contributed by atoms with E-state index in [0.29, 0.717) is 0 Å². The Kier molecular flexibility index (Phi) is 5.79. The van der Waals surface area contributed by atoms with Gasteiger partial charge in [0.25, 0.3) is 5.84 Å². The summed E-state index contributed by atoms with van der Waals surface area (Å²) >= 11 is 0. The van der Waals surface area contributed by atoms with Crippen molar-refractivity contribution < 1.29 is 26.3 Å². The molecule has 2 aromatic carbocycles. The largest absolute Gasteiger partial charge is 0.416 e. The van der Waals surface area contributed by atoms with Crippen LogP contribution in [0.2, 0.25) is 0 Å². The molecule has 0 saturated carbocycles. The molecular weight excluding hydrogens is 376 g/mol. The van der Waals surface area contributed by atoms with Crippen molar-refractivity contribution in [1.29, 1.82) is 5.26 Å². The lowest BCUT2D eigenvalue weighted by atomic mass is 10.2. The summed E-state index contributed by atoms with van der Waals surface area (Å²) in [7, 11) is 0. The zero-order valence-corrected chi connectivity index (χ0v) is 13.2. The molecule has 140 valence electrons. The summed E-state index contributed by atoms with van der Waals surface area (Å²) in [5.41, 5.74) is 0.102. The van der Waals surface area contributed by atoms with Gasteiger partial charge in [0.15, 0.2) is 0 Å². The monoisotopic (exact) mass is 385 g/mol. The van der Waals surface area contributed by atoms with Gasteiger partial charge in [-0.05, 0) is 36.4 Å². The number of hydrogen-bond donors (Lipinski definition) is 1. The van der Waals surface area contributed by atoms with Crippen LogP contribution in [0, 0.1) is 11.3 Å². The number of nitriles is 1. The third kappa shape index (κ3) is 5.81. The Bertz CT molecular complexity index is 908. The van der Waals surface area contributed by atoms with Crippen LogP contribution in [0.5, 0.6) is 0 Å². The Morgan fingerprint density at radius 1 is 0.889 bits per heavy atom. The molecule has 0 fully saturated rings. The van der Waals surface area contributed by atoms with E-state index in [1.165, 1.54) is 18.2 Å². The highest BCUT2D eigenvalue weighted by Gasteiger charge is 2.31. The Hall–Kier alpha value is -3.42. The third-order valence-electron chi connectivity index (χ3n) is 3.01. The quantitative estimate of drug-likeness (QED) is 0.240. The number of anilines is 1. The molecule has 0 aliphatic rings. The number of nitrogens with zero attached hydrogens (tertiary/aromatic N) is 4. The molecule has 0 spiro atoms. The average Bonchev–Trinajstić information content (AvgIpc) is 2.61. The minimum Gasteiger partial charge on any atom is -0.276 e. The molecule has 0 aromatic heterocycles. The van der Waals surface area contributed by atoms with Gasteiger partial charge in [-0.15, -0.1) is 15.3 Å². The number of rotatable bonds is 3. The Labute approximate surface area is 148 Å². The maximum absolute atomic E-state index is 12.6. The first-order chi connectivity index (χ1) is 12.6. The fourth-order valence-electron chi connectivity index (χ4n) is 1.80. The van der Waals surface area contributed by atoms with E-state index in [-0.39, 0.29) is 11.4 Å². The van der Waals surface area contributed by atoms with Crippen molar-refractivity contribution in [3.05, 3.63) is 59.7 Å². The highest BCUT2D eigenvalue weighted by atomic mass is 19.4. The second kappa shape index (κ2) is 7.86. The molecule has 5 nitrogen and oxygen atoms in total. The normalized spacial score (nSPS) is 12.9. The maximum Gasteiger partial charge on any atom is 0.416 e. The van der Waals surface area contributed by atoms with E-state index in [2.05, 4.69) is 20.8 Å². The lowest BCUT2D eigenvalue weighted by molar-refractivity contribution is -0.138. The summed E-state index contributed by atoms with van der Waals surface area (Å²) in [5, 5.41) is 19.2. The maximum atomic E-state index is 12.6. The van der Waals surface area contributed by atoms with Crippen molar-refractivity contribution in [1.82, 2.24) is 0 Å². The van der Waals surface area contributed by atoms with Gasteiger partial charge < -0.3 is 0 Å². The Morgan fingerprint density at radius 3 is 2.07 bits per heavy atom. The number of hydrazone groups is 1. The van der Waals surface area contributed by atoms with Crippen LogP contribution in [0.25, 0.3) is 0 Å². The second-order valence-corrected chi connectivity index (χ2v) is 4.99. The number of amidine groups is 1. The number of nitrogens with one attached hydrogen (secondary N) is 1. The van der Waals surface area contributed by atoms with Gasteiger partial charge in [0.2, 0.25) is 0 Å². The van der Waals surface area contributed by atoms with Crippen molar-refractivity contribution in [2.24, 2.45) is 15.3 Å². The van der Waals surface area contributed by atoms with E-state index in [1.807, 2.05) is 0 Å². The number of halogens is 6. The molecule has 0 bridgehead atoms. The van der Waals surface area contributed by atoms with Gasteiger partial charge in [0, 0.05) is 0 Å². The minimum absolute atomic E-state index is 0.0631. The lowest BCUT2D eigenvalue weighted by Gasteiger charge is -2.07. The number of azo groups is 1. The van der Waals surface area contributed by atoms with E-state index < -0.39 is 29.3 Å². The van der Waals surface area contributed by atoms with Gasteiger partial charge in [-0.25, -0.2) is 0 Å². The summed E-state index contributed by atoms with van der Waals surface area (Å²) in [6, 6.07) is 9.45. The Balaban J connectivity index is 2.16. The van der Waals surface area contributed by atoms with E-state index in [0.717, 1.165) is 36.4 Å². The fraction of sp³-hybridized carbons (Fsp3) is 0.125. The summed E-state index contributed by atoms with van der Waals surface area (Å²) < 4.78 is 75.7. The van der Waals surface area contributed by atoms with Crippen molar-refractivity contribution in [2.45, 2.75) is 12.4 Å². The first kappa shape index (κ1) is 19.9. The molecule has 27 heavy (non-hydrogen) atoms. The fourth-order valence-corrected chi connectivity index (χ4v) is 1.80. The van der Waals surface area contributed by atoms with Gasteiger partial charge in [-0.2, -0.15) is 31.6 Å². The molecule has 0 aliphatic carbocycles. The van der Waals surface area contributed by atoms with Crippen LogP contribution in [-0.2, 0) is 12.4 Å². The lowest BCUT2D eigenvalue weighted by Crippen LogP contribution is -2.05. The van der Waals surface area contributed by atoms with Crippen LogP contribution in [0.4, 0.5) is 37.7 Å². The molecule has 1 N–H and O–H groups in total. The highest BCUT2D eigenvalue weighted by molar-refractivity contribution is 5.97. The van der Waals surface area contributed by atoms with Crippen molar-refractivity contribution in [3.63, 3.8) is 0 Å². The van der Waals surface area contributed by atoms with Crippen molar-refractivity contribution >= 4 is 17.2 Å². The SMILES string of the molecule is N#CC(N=Nc1cccc(C(F)(F)F)c1)=NNc1cccc(C(F)(F)F)c1. The average molecular weight is 385 g/mol. The molecule has 2 aromatic rings. The predicted molar refractivity (Wildman–Crippen MR) is 84.1 cm³/mol. The van der Waals surface area contributed by atoms with Gasteiger partial charge in [0.1, 0.15) is 6.07 Å². The predicted octanol–water partition coefficient (Wildman–Crippen LogP) is 5.76. The van der Waals surface area contributed by atoms with Gasteiger partial charge in [0.05, 0.1) is 22.5 Å². The number of hydrogen-bond acceptors (Lipinski definition) is 4. The molecule has 0 unspecified atom stereocenters. The van der Waals surface area contributed by atoms with Crippen LogP contribution < -0.4 is 5.43 Å².